The van der Waals surface area contributed by atoms with Crippen molar-refractivity contribution >= 4 is 11.5 Å². The number of fused-ring (bicyclic) bond motifs is 1. The Kier molecular flexibility index (Phi) is 4.22. The summed E-state index contributed by atoms with van der Waals surface area (Å²) < 4.78 is 0. The summed E-state index contributed by atoms with van der Waals surface area (Å²) in [6, 6.07) is 7.69. The highest BCUT2D eigenvalue weighted by atomic mass is 16.1. The third kappa shape index (κ3) is 2.32. The Morgan fingerprint density at radius 1 is 1.20 bits per heavy atom. The molecule has 0 spiro atoms. The number of rotatable bonds is 1. The number of aliphatic imine (C=N–C) groups is 1. The summed E-state index contributed by atoms with van der Waals surface area (Å²) in [5.74, 6) is 0.132. The molecule has 1 aromatic carbocycles. The van der Waals surface area contributed by atoms with Gasteiger partial charge in [0.1, 0.15) is 6.54 Å². The second kappa shape index (κ2) is 5.44. The van der Waals surface area contributed by atoms with Crippen molar-refractivity contribution < 1.29 is 4.79 Å². The van der Waals surface area contributed by atoms with Crippen LogP contribution in [-0.2, 0) is 0 Å². The van der Waals surface area contributed by atoms with Crippen LogP contribution in [0.25, 0.3) is 0 Å². The first-order chi connectivity index (χ1) is 7.33. The molecular formula is C13H17NO. The first-order valence-electron chi connectivity index (χ1n) is 5.49. The van der Waals surface area contributed by atoms with Crippen LogP contribution in [0.3, 0.4) is 0 Å². The van der Waals surface area contributed by atoms with Crippen LogP contribution >= 0.6 is 0 Å². The van der Waals surface area contributed by atoms with Gasteiger partial charge >= 0.3 is 0 Å². The maximum Gasteiger partial charge on any atom is 0.184 e. The monoisotopic (exact) mass is 203 g/mol. The lowest BCUT2D eigenvalue weighted by atomic mass is 9.96. The number of ketones is 1. The quantitative estimate of drug-likeness (QED) is 0.689. The molecule has 1 aliphatic heterocycles. The molecule has 0 N–H and O–H groups in total. The fraction of sp³-hybridized carbons (Fsp3) is 0.385. The number of hydrogen-bond donors (Lipinski definition) is 0. The molecule has 0 saturated carbocycles. The summed E-state index contributed by atoms with van der Waals surface area (Å²) in [6.07, 6.45) is 0.893. The van der Waals surface area contributed by atoms with E-state index in [1.807, 2.05) is 38.1 Å². The lowest BCUT2D eigenvalue weighted by Gasteiger charge is -2.14. The van der Waals surface area contributed by atoms with Gasteiger partial charge in [-0.25, -0.2) is 0 Å². The molecule has 2 nitrogen and oxygen atoms in total. The lowest BCUT2D eigenvalue weighted by molar-refractivity contribution is 0.1000. The average molecular weight is 203 g/mol. The predicted molar refractivity (Wildman–Crippen MR) is 63.8 cm³/mol. The molecule has 1 aromatic rings. The highest BCUT2D eigenvalue weighted by Crippen LogP contribution is 2.16. The van der Waals surface area contributed by atoms with Gasteiger partial charge in [-0.05, 0) is 6.42 Å². The minimum Gasteiger partial charge on any atom is -0.292 e. The third-order valence-electron chi connectivity index (χ3n) is 2.29. The van der Waals surface area contributed by atoms with Gasteiger partial charge in [-0.1, -0.05) is 45.0 Å². The van der Waals surface area contributed by atoms with Gasteiger partial charge in [0.2, 0.25) is 0 Å². The van der Waals surface area contributed by atoms with E-state index in [0.717, 1.165) is 23.3 Å². The van der Waals surface area contributed by atoms with E-state index in [4.69, 9.17) is 0 Å². The summed E-state index contributed by atoms with van der Waals surface area (Å²) in [5, 5.41) is 0. The van der Waals surface area contributed by atoms with Crippen LogP contribution in [0.5, 0.6) is 0 Å². The third-order valence-corrected chi connectivity index (χ3v) is 2.29. The van der Waals surface area contributed by atoms with Crippen molar-refractivity contribution in [3.05, 3.63) is 35.4 Å². The Bertz CT molecular complexity index is 380. The fourth-order valence-corrected chi connectivity index (χ4v) is 1.62. The van der Waals surface area contributed by atoms with Gasteiger partial charge < -0.3 is 0 Å². The molecule has 0 saturated heterocycles. The van der Waals surface area contributed by atoms with Crippen molar-refractivity contribution in [1.82, 2.24) is 0 Å². The predicted octanol–water partition coefficient (Wildman–Crippen LogP) is 3.11. The highest BCUT2D eigenvalue weighted by molar-refractivity contribution is 6.15. The fourth-order valence-electron chi connectivity index (χ4n) is 1.62. The minimum absolute atomic E-state index is 0.132. The Hall–Kier alpha value is -1.44. The molecule has 80 valence electrons. The van der Waals surface area contributed by atoms with Crippen LogP contribution < -0.4 is 0 Å². The Morgan fingerprint density at radius 2 is 1.80 bits per heavy atom. The number of carbonyl (C=O) groups is 1. The van der Waals surface area contributed by atoms with Crippen LogP contribution in [0.1, 0.15) is 43.1 Å². The number of carbonyl (C=O) groups excluding carboxylic acids is 1. The molecule has 0 radical (unpaired) electrons. The molecule has 0 amide bonds. The molecule has 0 fully saturated rings. The average Bonchev–Trinajstić information content (AvgIpc) is 2.33. The van der Waals surface area contributed by atoms with Gasteiger partial charge in [0.05, 0.1) is 0 Å². The van der Waals surface area contributed by atoms with E-state index in [1.165, 1.54) is 0 Å². The smallest absolute Gasteiger partial charge is 0.184 e. The van der Waals surface area contributed by atoms with Crippen molar-refractivity contribution in [2.24, 2.45) is 4.99 Å². The van der Waals surface area contributed by atoms with Gasteiger partial charge in [-0.15, -0.1) is 0 Å². The summed E-state index contributed by atoms with van der Waals surface area (Å²) >= 11 is 0. The molecule has 0 aliphatic carbocycles. The maximum absolute atomic E-state index is 11.4. The largest absolute Gasteiger partial charge is 0.292 e. The molecule has 0 aromatic heterocycles. The zero-order valence-electron chi connectivity index (χ0n) is 9.58. The lowest BCUT2D eigenvalue weighted by Crippen LogP contribution is -2.18. The second-order valence-corrected chi connectivity index (χ2v) is 3.09. The Balaban J connectivity index is 0.000000531. The minimum atomic E-state index is 0.132. The molecule has 1 aliphatic rings. The number of benzene rings is 1. The van der Waals surface area contributed by atoms with Crippen molar-refractivity contribution in [2.45, 2.75) is 27.2 Å². The summed E-state index contributed by atoms with van der Waals surface area (Å²) in [6.45, 7) is 6.38. The van der Waals surface area contributed by atoms with Crippen LogP contribution in [-0.4, -0.2) is 18.0 Å². The highest BCUT2D eigenvalue weighted by Gasteiger charge is 2.17. The SMILES string of the molecule is CC.CCC1=NCC(=O)c2ccccc21. The molecule has 2 rings (SSSR count). The van der Waals surface area contributed by atoms with E-state index in [1.54, 1.807) is 0 Å². The zero-order valence-corrected chi connectivity index (χ0v) is 9.58. The van der Waals surface area contributed by atoms with E-state index in [0.29, 0.717) is 6.54 Å². The van der Waals surface area contributed by atoms with Gasteiger partial charge in [-0.3, -0.25) is 9.79 Å². The second-order valence-electron chi connectivity index (χ2n) is 3.09. The summed E-state index contributed by atoms with van der Waals surface area (Å²) in [7, 11) is 0. The Labute approximate surface area is 91.0 Å². The van der Waals surface area contributed by atoms with E-state index in [-0.39, 0.29) is 5.78 Å². The van der Waals surface area contributed by atoms with Crippen molar-refractivity contribution in [3.63, 3.8) is 0 Å². The van der Waals surface area contributed by atoms with Gasteiger partial charge in [0.25, 0.3) is 0 Å². The summed E-state index contributed by atoms with van der Waals surface area (Å²) in [5.41, 5.74) is 2.89. The molecule has 2 heteroatoms. The molecular weight excluding hydrogens is 186 g/mol. The Morgan fingerprint density at radius 3 is 2.40 bits per heavy atom. The molecule has 15 heavy (non-hydrogen) atoms. The van der Waals surface area contributed by atoms with Gasteiger partial charge in [0.15, 0.2) is 5.78 Å². The van der Waals surface area contributed by atoms with E-state index in [2.05, 4.69) is 11.9 Å². The van der Waals surface area contributed by atoms with E-state index >= 15 is 0 Å². The number of nitrogens with zero attached hydrogens (tertiary/aromatic N) is 1. The maximum atomic E-state index is 11.4. The van der Waals surface area contributed by atoms with Crippen LogP contribution in [0, 0.1) is 0 Å². The van der Waals surface area contributed by atoms with E-state index < -0.39 is 0 Å². The topological polar surface area (TPSA) is 29.4 Å². The van der Waals surface area contributed by atoms with Crippen LogP contribution in [0.15, 0.2) is 29.3 Å². The summed E-state index contributed by atoms with van der Waals surface area (Å²) in [4.78, 5) is 15.7. The van der Waals surface area contributed by atoms with Crippen molar-refractivity contribution in [3.8, 4) is 0 Å². The standard InChI is InChI=1S/C11H11NO.C2H6/c1-2-10-8-5-3-4-6-9(8)11(13)7-12-10;1-2/h3-6H,2,7H2,1H3;1-2H3. The van der Waals surface area contributed by atoms with Crippen LogP contribution in [0.4, 0.5) is 0 Å². The zero-order chi connectivity index (χ0) is 11.3. The van der Waals surface area contributed by atoms with Gasteiger partial charge in [0, 0.05) is 16.8 Å². The molecule has 0 atom stereocenters. The molecule has 0 unspecified atom stereocenters. The van der Waals surface area contributed by atoms with Gasteiger partial charge in [-0.2, -0.15) is 0 Å². The number of Topliss-reactive ketones (excluding diaryl/α,β-unsaturated/α-hetero) is 1. The van der Waals surface area contributed by atoms with Crippen LogP contribution in [0.2, 0.25) is 0 Å². The first kappa shape index (κ1) is 11.6. The first-order valence-corrected chi connectivity index (χ1v) is 5.49. The van der Waals surface area contributed by atoms with E-state index in [9.17, 15) is 4.79 Å². The van der Waals surface area contributed by atoms with Crippen molar-refractivity contribution in [1.29, 1.82) is 0 Å². The molecule has 0 bridgehead atoms. The molecule has 1 heterocycles. The van der Waals surface area contributed by atoms with Crippen molar-refractivity contribution in [2.75, 3.05) is 6.54 Å². The normalized spacial score (nSPS) is 13.5. The number of hydrogen-bond acceptors (Lipinski definition) is 2.